The Kier molecular flexibility index (Phi) is 8.57. The number of aromatic hydroxyl groups is 1. The smallest absolute Gasteiger partial charge is 0.233 e. The summed E-state index contributed by atoms with van der Waals surface area (Å²) < 4.78 is 0. The average molecular weight is 717 g/mol. The SMILES string of the molecule is Cc1cccc([C@H]2C3=CC[C@@H]4C(=O)N(C5CCN(Cc6ccccc6)CC5)C(=O)[C@@H]4[C@@H]3C[C@H]3C(=O)C(c4ccccc4)=CC(=O)[C@@]23c2ccccc2)c1O. The zero-order valence-corrected chi connectivity index (χ0v) is 30.4. The summed E-state index contributed by atoms with van der Waals surface area (Å²) in [5, 5.41) is 11.8. The first-order chi connectivity index (χ1) is 26.3. The molecule has 272 valence electrons. The molecule has 4 aromatic carbocycles. The van der Waals surface area contributed by atoms with E-state index in [9.17, 15) is 14.7 Å². The van der Waals surface area contributed by atoms with Crippen molar-refractivity contribution in [3.05, 3.63) is 155 Å². The second-order valence-electron chi connectivity index (χ2n) is 15.8. The molecule has 54 heavy (non-hydrogen) atoms. The molecule has 2 amide bonds. The summed E-state index contributed by atoms with van der Waals surface area (Å²) in [6.07, 6.45) is 5.64. The van der Waals surface area contributed by atoms with Gasteiger partial charge in [0.2, 0.25) is 11.8 Å². The van der Waals surface area contributed by atoms with E-state index in [-0.39, 0.29) is 41.6 Å². The summed E-state index contributed by atoms with van der Waals surface area (Å²) in [6, 6.07) is 34.6. The lowest BCUT2D eigenvalue weighted by Crippen LogP contribution is -2.59. The van der Waals surface area contributed by atoms with Crippen molar-refractivity contribution in [1.29, 1.82) is 0 Å². The maximum absolute atomic E-state index is 15.2. The summed E-state index contributed by atoms with van der Waals surface area (Å²) in [5.41, 5.74) is 3.72. The summed E-state index contributed by atoms with van der Waals surface area (Å²) in [6.45, 7) is 4.25. The maximum Gasteiger partial charge on any atom is 0.233 e. The summed E-state index contributed by atoms with van der Waals surface area (Å²) in [7, 11) is 0. The number of fused-ring (bicyclic) bond motifs is 4. The van der Waals surface area contributed by atoms with Gasteiger partial charge in [-0.15, -0.1) is 0 Å². The van der Waals surface area contributed by atoms with Crippen LogP contribution in [-0.4, -0.2) is 57.4 Å². The van der Waals surface area contributed by atoms with E-state index in [1.165, 1.54) is 11.6 Å². The van der Waals surface area contributed by atoms with Crippen molar-refractivity contribution in [3.8, 4) is 5.75 Å². The number of imide groups is 1. The number of likely N-dealkylation sites (tertiary alicyclic amines) is 2. The summed E-state index contributed by atoms with van der Waals surface area (Å²) in [5.74, 6) is -3.73. The van der Waals surface area contributed by atoms with Crippen LogP contribution in [0.25, 0.3) is 5.57 Å². The van der Waals surface area contributed by atoms with Crippen LogP contribution < -0.4 is 0 Å². The van der Waals surface area contributed by atoms with Gasteiger partial charge in [0.05, 0.1) is 17.3 Å². The van der Waals surface area contributed by atoms with Crippen LogP contribution >= 0.6 is 0 Å². The lowest BCUT2D eigenvalue weighted by Gasteiger charge is -2.55. The fourth-order valence-corrected chi connectivity index (χ4v) is 10.7. The molecule has 2 aliphatic heterocycles. The number of Topliss-reactive ketones (excluding diaryl/α,β-unsaturated/α-hetero) is 1. The number of phenols is 1. The standard InChI is InChI=1S/C47H44N2O5/c1-29-12-11-19-36(43(29)51)42-34-20-21-35-41(46(54)49(45(35)53)33-22-24-48(25-23-33)28-30-13-5-2-6-14-30)38(34)26-39-44(52)37(31-15-7-3-8-16-31)27-40(50)47(39,42)32-17-9-4-10-18-32/h2-20,27,33,35,38-39,41-42,51H,21-26,28H2,1H3/t35-,38+,39-,41-,42+,47-/m0/s1. The van der Waals surface area contributed by atoms with Crippen molar-refractivity contribution in [2.24, 2.45) is 23.7 Å². The van der Waals surface area contributed by atoms with E-state index in [0.29, 0.717) is 47.1 Å². The number of hydrogen-bond acceptors (Lipinski definition) is 6. The van der Waals surface area contributed by atoms with Gasteiger partial charge < -0.3 is 5.11 Å². The van der Waals surface area contributed by atoms with Crippen molar-refractivity contribution in [2.75, 3.05) is 13.1 Å². The second-order valence-corrected chi connectivity index (χ2v) is 15.8. The van der Waals surface area contributed by atoms with Gasteiger partial charge in [0.1, 0.15) is 5.75 Å². The molecule has 1 saturated carbocycles. The number of carbonyl (C=O) groups is 4. The molecule has 7 heteroatoms. The van der Waals surface area contributed by atoms with E-state index < -0.39 is 35.0 Å². The Morgan fingerprint density at radius 3 is 2.13 bits per heavy atom. The zero-order chi connectivity index (χ0) is 37.1. The van der Waals surface area contributed by atoms with E-state index in [0.717, 1.165) is 25.2 Å². The van der Waals surface area contributed by atoms with Crippen LogP contribution in [0.3, 0.4) is 0 Å². The molecule has 7 nitrogen and oxygen atoms in total. The number of aryl methyl sites for hydroxylation is 1. The molecule has 0 aromatic heterocycles. The quantitative estimate of drug-likeness (QED) is 0.168. The molecular formula is C47H44N2O5. The molecule has 9 rings (SSSR count). The van der Waals surface area contributed by atoms with Gasteiger partial charge in [-0.05, 0) is 66.9 Å². The number of nitrogens with zero attached hydrogens (tertiary/aromatic N) is 2. The second kappa shape index (κ2) is 13.5. The van der Waals surface area contributed by atoms with Crippen LogP contribution in [0.15, 0.2) is 127 Å². The number of carbonyl (C=O) groups excluding carboxylic acids is 4. The number of hydrogen-bond donors (Lipinski definition) is 1. The van der Waals surface area contributed by atoms with Crippen LogP contribution in [0.4, 0.5) is 0 Å². The van der Waals surface area contributed by atoms with Gasteiger partial charge in [-0.1, -0.05) is 121 Å². The third-order valence-corrected chi connectivity index (χ3v) is 13.2. The van der Waals surface area contributed by atoms with Crippen LogP contribution in [0.5, 0.6) is 5.75 Å². The molecular weight excluding hydrogens is 673 g/mol. The van der Waals surface area contributed by atoms with Gasteiger partial charge in [-0.3, -0.25) is 29.0 Å². The number of piperidine rings is 1. The molecule has 6 atom stereocenters. The Morgan fingerprint density at radius 2 is 1.43 bits per heavy atom. The van der Waals surface area contributed by atoms with E-state index in [1.54, 1.807) is 4.90 Å². The number of benzene rings is 4. The first-order valence-electron chi connectivity index (χ1n) is 19.3. The molecule has 4 aromatic rings. The predicted octanol–water partition coefficient (Wildman–Crippen LogP) is 7.19. The highest BCUT2D eigenvalue weighted by atomic mass is 16.3. The van der Waals surface area contributed by atoms with Crippen molar-refractivity contribution >= 4 is 29.0 Å². The van der Waals surface area contributed by atoms with Gasteiger partial charge in [0.15, 0.2) is 11.6 Å². The molecule has 2 heterocycles. The van der Waals surface area contributed by atoms with E-state index in [4.69, 9.17) is 0 Å². The summed E-state index contributed by atoms with van der Waals surface area (Å²) in [4.78, 5) is 63.5. The number of para-hydroxylation sites is 1. The average Bonchev–Trinajstić information content (AvgIpc) is 3.46. The molecule has 1 N–H and O–H groups in total. The number of amides is 2. The highest BCUT2D eigenvalue weighted by Crippen LogP contribution is 2.64. The minimum Gasteiger partial charge on any atom is -0.507 e. The Balaban J connectivity index is 1.13. The Hall–Kier alpha value is -5.40. The van der Waals surface area contributed by atoms with Crippen LogP contribution in [0.1, 0.15) is 59.4 Å². The molecule has 3 fully saturated rings. The number of phenolic OH excluding ortho intramolecular Hbond substituents is 1. The zero-order valence-electron chi connectivity index (χ0n) is 30.4. The van der Waals surface area contributed by atoms with Crippen LogP contribution in [0.2, 0.25) is 0 Å². The first kappa shape index (κ1) is 34.4. The predicted molar refractivity (Wildman–Crippen MR) is 206 cm³/mol. The van der Waals surface area contributed by atoms with Gasteiger partial charge in [-0.2, -0.15) is 0 Å². The molecule has 2 saturated heterocycles. The first-order valence-corrected chi connectivity index (χ1v) is 19.3. The fourth-order valence-electron chi connectivity index (χ4n) is 10.7. The van der Waals surface area contributed by atoms with Gasteiger partial charge >= 0.3 is 0 Å². The molecule has 0 radical (unpaired) electrons. The maximum atomic E-state index is 15.2. The minimum absolute atomic E-state index is 0.0797. The largest absolute Gasteiger partial charge is 0.507 e. The highest BCUT2D eigenvalue weighted by molar-refractivity contribution is 6.31. The van der Waals surface area contributed by atoms with Crippen LogP contribution in [-0.2, 0) is 31.1 Å². The van der Waals surface area contributed by atoms with Crippen molar-refractivity contribution < 1.29 is 24.3 Å². The van der Waals surface area contributed by atoms with E-state index in [2.05, 4.69) is 23.1 Å². The topological polar surface area (TPSA) is 95.0 Å². The fraction of sp³-hybridized carbons (Fsp3) is 0.319. The number of allylic oxidation sites excluding steroid dienone is 4. The van der Waals surface area contributed by atoms with E-state index >= 15 is 9.59 Å². The molecule has 5 aliphatic rings. The highest BCUT2D eigenvalue weighted by Gasteiger charge is 2.66. The minimum atomic E-state index is -1.37. The lowest BCUT2D eigenvalue weighted by atomic mass is 9.44. The molecule has 0 unspecified atom stereocenters. The van der Waals surface area contributed by atoms with Gasteiger partial charge in [0.25, 0.3) is 0 Å². The van der Waals surface area contributed by atoms with Gasteiger partial charge in [0, 0.05) is 48.6 Å². The Bertz CT molecular complexity index is 2200. The monoisotopic (exact) mass is 716 g/mol. The number of ketones is 2. The lowest BCUT2D eigenvalue weighted by molar-refractivity contribution is -0.144. The van der Waals surface area contributed by atoms with Gasteiger partial charge in [-0.25, -0.2) is 0 Å². The molecule has 0 bridgehead atoms. The third-order valence-electron chi connectivity index (χ3n) is 13.2. The normalized spacial score (nSPS) is 28.6. The van der Waals surface area contributed by atoms with E-state index in [1.807, 2.05) is 104 Å². The summed E-state index contributed by atoms with van der Waals surface area (Å²) >= 11 is 0. The van der Waals surface area contributed by atoms with Crippen LogP contribution in [0, 0.1) is 30.6 Å². The Labute approximate surface area is 316 Å². The van der Waals surface area contributed by atoms with Crippen molar-refractivity contribution in [3.63, 3.8) is 0 Å². The Morgan fingerprint density at radius 1 is 0.759 bits per heavy atom. The number of rotatable bonds is 6. The molecule has 0 spiro atoms. The van der Waals surface area contributed by atoms with Crippen molar-refractivity contribution in [1.82, 2.24) is 9.80 Å². The van der Waals surface area contributed by atoms with Crippen molar-refractivity contribution in [2.45, 2.75) is 56.5 Å². The molecule has 3 aliphatic carbocycles. The third kappa shape index (κ3) is 5.27.